The fourth-order valence-electron chi connectivity index (χ4n) is 1.47. The predicted molar refractivity (Wildman–Crippen MR) is 64.0 cm³/mol. The van der Waals surface area contributed by atoms with Gasteiger partial charge in [0.2, 0.25) is 5.88 Å². The van der Waals surface area contributed by atoms with E-state index in [0.717, 1.165) is 18.9 Å². The number of aromatic nitrogens is 4. The molecule has 2 heterocycles. The topological polar surface area (TPSA) is 64.9 Å². The second-order valence-electron chi connectivity index (χ2n) is 3.54. The smallest absolute Gasteiger partial charge is 0.218 e. The molecule has 0 amide bonds. The maximum Gasteiger partial charge on any atom is 0.218 e. The molecule has 6 heteroatoms. The van der Waals surface area contributed by atoms with Crippen LogP contribution in [-0.2, 0) is 6.54 Å². The minimum atomic E-state index is 0.569. The summed E-state index contributed by atoms with van der Waals surface area (Å²) in [5.74, 6) is 2.02. The number of hydrogen-bond acceptors (Lipinski definition) is 5. The number of hydrogen-bond donors (Lipinski definition) is 1. The van der Waals surface area contributed by atoms with Crippen molar-refractivity contribution in [2.75, 3.05) is 19.0 Å². The Labute approximate surface area is 99.7 Å². The van der Waals surface area contributed by atoms with Gasteiger partial charge in [-0.1, -0.05) is 0 Å². The van der Waals surface area contributed by atoms with Gasteiger partial charge < -0.3 is 10.1 Å². The van der Waals surface area contributed by atoms with E-state index in [2.05, 4.69) is 20.4 Å². The Balaban J connectivity index is 1.92. The minimum Gasteiger partial charge on any atom is -0.481 e. The first kappa shape index (κ1) is 11.4. The number of anilines is 1. The highest BCUT2D eigenvalue weighted by molar-refractivity contribution is 5.38. The highest BCUT2D eigenvalue weighted by Crippen LogP contribution is 2.12. The number of nitrogens with zero attached hydrogens (tertiary/aromatic N) is 4. The molecule has 1 N–H and O–H groups in total. The van der Waals surface area contributed by atoms with Crippen molar-refractivity contribution in [2.24, 2.45) is 0 Å². The summed E-state index contributed by atoms with van der Waals surface area (Å²) < 4.78 is 6.94. The highest BCUT2D eigenvalue weighted by atomic mass is 16.5. The van der Waals surface area contributed by atoms with Crippen LogP contribution in [0.15, 0.2) is 24.5 Å². The van der Waals surface area contributed by atoms with Gasteiger partial charge in [0.05, 0.1) is 13.7 Å². The van der Waals surface area contributed by atoms with E-state index in [1.54, 1.807) is 19.4 Å². The number of nitrogens with one attached hydrogen (secondary N) is 1. The van der Waals surface area contributed by atoms with Gasteiger partial charge in [-0.25, -0.2) is 4.98 Å². The Morgan fingerprint density at radius 1 is 1.41 bits per heavy atom. The zero-order valence-electron chi connectivity index (χ0n) is 9.92. The summed E-state index contributed by atoms with van der Waals surface area (Å²) >= 11 is 0. The molecular weight excluding hydrogens is 218 g/mol. The molecule has 0 fully saturated rings. The van der Waals surface area contributed by atoms with Gasteiger partial charge in [-0.2, -0.15) is 10.1 Å². The molecule has 0 radical (unpaired) electrons. The molecule has 0 aliphatic rings. The van der Waals surface area contributed by atoms with Crippen LogP contribution in [0.25, 0.3) is 0 Å². The number of aryl methyl sites for hydroxylation is 1. The van der Waals surface area contributed by atoms with Gasteiger partial charge in [0.25, 0.3) is 0 Å². The van der Waals surface area contributed by atoms with E-state index in [-0.39, 0.29) is 0 Å². The van der Waals surface area contributed by atoms with Crippen molar-refractivity contribution in [3.05, 3.63) is 30.4 Å². The van der Waals surface area contributed by atoms with Crippen molar-refractivity contribution in [3.63, 3.8) is 0 Å². The summed E-state index contributed by atoms with van der Waals surface area (Å²) in [7, 11) is 1.59. The van der Waals surface area contributed by atoms with Crippen LogP contribution >= 0.6 is 0 Å². The molecule has 0 aliphatic heterocycles. The fourth-order valence-corrected chi connectivity index (χ4v) is 1.47. The van der Waals surface area contributed by atoms with Gasteiger partial charge in [-0.05, 0) is 13.0 Å². The first-order chi connectivity index (χ1) is 8.28. The van der Waals surface area contributed by atoms with Crippen LogP contribution in [0, 0.1) is 6.92 Å². The van der Waals surface area contributed by atoms with E-state index in [0.29, 0.717) is 11.7 Å². The minimum absolute atomic E-state index is 0.569. The van der Waals surface area contributed by atoms with Gasteiger partial charge in [-0.15, -0.1) is 0 Å². The molecule has 0 aliphatic carbocycles. The number of rotatable bonds is 5. The van der Waals surface area contributed by atoms with E-state index in [1.165, 1.54) is 0 Å². The summed E-state index contributed by atoms with van der Waals surface area (Å²) in [6.07, 6.45) is 3.69. The molecule has 0 bridgehead atoms. The van der Waals surface area contributed by atoms with Gasteiger partial charge in [0.15, 0.2) is 0 Å². The first-order valence-electron chi connectivity index (χ1n) is 5.39. The lowest BCUT2D eigenvalue weighted by molar-refractivity contribution is 0.396. The Morgan fingerprint density at radius 2 is 2.29 bits per heavy atom. The average molecular weight is 233 g/mol. The van der Waals surface area contributed by atoms with E-state index in [4.69, 9.17) is 4.74 Å². The van der Waals surface area contributed by atoms with Crippen LogP contribution in [0.5, 0.6) is 5.88 Å². The largest absolute Gasteiger partial charge is 0.481 e. The molecule has 0 spiro atoms. The molecule has 0 saturated heterocycles. The Bertz CT molecular complexity index is 469. The van der Waals surface area contributed by atoms with E-state index >= 15 is 0 Å². The lowest BCUT2D eigenvalue weighted by Gasteiger charge is -2.07. The first-order valence-corrected chi connectivity index (χ1v) is 5.39. The zero-order valence-corrected chi connectivity index (χ0v) is 9.92. The maximum atomic E-state index is 5.08. The maximum absolute atomic E-state index is 5.08. The molecule has 0 unspecified atom stereocenters. The lowest BCUT2D eigenvalue weighted by atomic mass is 10.5. The van der Waals surface area contributed by atoms with Crippen LogP contribution in [0.2, 0.25) is 0 Å². The average Bonchev–Trinajstić information content (AvgIpc) is 2.81. The van der Waals surface area contributed by atoms with Crippen molar-refractivity contribution in [3.8, 4) is 5.88 Å². The summed E-state index contributed by atoms with van der Waals surface area (Å²) in [6.45, 7) is 3.38. The third-order valence-electron chi connectivity index (χ3n) is 2.23. The van der Waals surface area contributed by atoms with Crippen LogP contribution in [-0.4, -0.2) is 33.4 Å². The van der Waals surface area contributed by atoms with E-state index in [9.17, 15) is 0 Å². The summed E-state index contributed by atoms with van der Waals surface area (Å²) in [4.78, 5) is 8.39. The van der Waals surface area contributed by atoms with Gasteiger partial charge in [0, 0.05) is 25.0 Å². The van der Waals surface area contributed by atoms with Crippen LogP contribution < -0.4 is 10.1 Å². The molecule has 6 nitrogen and oxygen atoms in total. The summed E-state index contributed by atoms with van der Waals surface area (Å²) in [5, 5.41) is 7.32. The van der Waals surface area contributed by atoms with E-state index < -0.39 is 0 Å². The summed E-state index contributed by atoms with van der Waals surface area (Å²) in [6, 6.07) is 3.67. The Morgan fingerprint density at radius 3 is 3.00 bits per heavy atom. The quantitative estimate of drug-likeness (QED) is 0.837. The van der Waals surface area contributed by atoms with Crippen LogP contribution in [0.1, 0.15) is 5.82 Å². The van der Waals surface area contributed by atoms with Crippen molar-refractivity contribution >= 4 is 5.82 Å². The fraction of sp³-hybridized carbons (Fsp3) is 0.364. The van der Waals surface area contributed by atoms with Crippen LogP contribution in [0.4, 0.5) is 5.82 Å². The number of methoxy groups -OCH3 is 1. The molecule has 90 valence electrons. The van der Waals surface area contributed by atoms with Crippen molar-refractivity contribution in [1.29, 1.82) is 0 Å². The second kappa shape index (κ2) is 5.29. The molecule has 17 heavy (non-hydrogen) atoms. The predicted octanol–water partition coefficient (Wildman–Crippen LogP) is 1.10. The highest BCUT2D eigenvalue weighted by Gasteiger charge is 2.01. The Kier molecular flexibility index (Phi) is 3.54. The SMILES string of the molecule is COc1cc(NCCn2cccn2)nc(C)n1. The normalized spacial score (nSPS) is 10.2. The molecule has 2 rings (SSSR count). The third-order valence-corrected chi connectivity index (χ3v) is 2.23. The third kappa shape index (κ3) is 3.17. The molecular formula is C11H15N5O. The summed E-state index contributed by atoms with van der Waals surface area (Å²) in [5.41, 5.74) is 0. The second-order valence-corrected chi connectivity index (χ2v) is 3.54. The van der Waals surface area contributed by atoms with E-state index in [1.807, 2.05) is 23.9 Å². The molecule has 0 aromatic carbocycles. The van der Waals surface area contributed by atoms with Crippen molar-refractivity contribution in [2.45, 2.75) is 13.5 Å². The van der Waals surface area contributed by atoms with Gasteiger partial charge in [0.1, 0.15) is 11.6 Å². The monoisotopic (exact) mass is 233 g/mol. The van der Waals surface area contributed by atoms with Crippen molar-refractivity contribution in [1.82, 2.24) is 19.7 Å². The Hall–Kier alpha value is -2.11. The molecule has 2 aromatic heterocycles. The standard InChI is InChI=1S/C11H15N5O/c1-9-14-10(8-11(15-9)17-2)12-5-7-16-6-3-4-13-16/h3-4,6,8H,5,7H2,1-2H3,(H,12,14,15). The lowest BCUT2D eigenvalue weighted by Crippen LogP contribution is -2.12. The van der Waals surface area contributed by atoms with Crippen LogP contribution in [0.3, 0.4) is 0 Å². The molecule has 2 aromatic rings. The van der Waals surface area contributed by atoms with Crippen molar-refractivity contribution < 1.29 is 4.74 Å². The number of ether oxygens (including phenoxy) is 1. The molecule has 0 saturated carbocycles. The zero-order chi connectivity index (χ0) is 12.1. The molecule has 0 atom stereocenters. The van der Waals surface area contributed by atoms with Gasteiger partial charge in [-0.3, -0.25) is 4.68 Å². The van der Waals surface area contributed by atoms with Gasteiger partial charge >= 0.3 is 0 Å².